The lowest BCUT2D eigenvalue weighted by Gasteiger charge is -2.32. The molecule has 9 heteroatoms. The number of aromatic nitrogens is 6. The van der Waals surface area contributed by atoms with Crippen molar-refractivity contribution in [2.24, 2.45) is 5.92 Å². The number of hydrogen-bond acceptors (Lipinski definition) is 5. The molecule has 1 aliphatic carbocycles. The number of nitrogens with one attached hydrogen (secondary N) is 2. The predicted molar refractivity (Wildman–Crippen MR) is 140 cm³/mol. The number of tetrazole rings is 1. The van der Waals surface area contributed by atoms with Gasteiger partial charge < -0.3 is 9.72 Å². The number of benzene rings is 3. The van der Waals surface area contributed by atoms with Crippen LogP contribution in [0.25, 0.3) is 22.4 Å². The van der Waals surface area contributed by atoms with Gasteiger partial charge in [-0.3, -0.25) is 0 Å². The van der Waals surface area contributed by atoms with Crippen LogP contribution < -0.4 is 4.74 Å². The summed E-state index contributed by atoms with van der Waals surface area (Å²) < 4.78 is 21.1. The second-order valence-electron chi connectivity index (χ2n) is 9.57. The molecule has 1 aliphatic rings. The van der Waals surface area contributed by atoms with Gasteiger partial charge in [-0.2, -0.15) is 5.21 Å². The Balaban J connectivity index is 1.23. The van der Waals surface area contributed by atoms with Gasteiger partial charge in [-0.25, -0.2) is 9.37 Å². The standard InChI is InChI=1S/C28H26ClFN6O/c29-20-11-12-22(21-6-2-1-5-17(21)14-27-31-24-7-3-4-8-25(24)32-27)26(15-20)37-16-19-10-9-18(13-23(19)30)28-33-35-36-34-28/h3-4,7-13,15,17,21H,1-2,5-6,14,16H2,(H,31,32)(H,33,34,35,36). The van der Waals surface area contributed by atoms with E-state index in [-0.39, 0.29) is 12.4 Å². The fourth-order valence-corrected chi connectivity index (χ4v) is 5.56. The number of aromatic amines is 2. The maximum atomic E-state index is 14.9. The highest BCUT2D eigenvalue weighted by Gasteiger charge is 2.30. The van der Waals surface area contributed by atoms with Crippen molar-refractivity contribution in [2.75, 3.05) is 0 Å². The Kier molecular flexibility index (Phi) is 6.57. The number of rotatable bonds is 7. The van der Waals surface area contributed by atoms with Crippen LogP contribution in [0.15, 0.2) is 60.7 Å². The summed E-state index contributed by atoms with van der Waals surface area (Å²) in [6.07, 6.45) is 5.42. The Hall–Kier alpha value is -3.78. The number of para-hydroxylation sites is 2. The fourth-order valence-electron chi connectivity index (χ4n) is 5.39. The van der Waals surface area contributed by atoms with E-state index in [2.05, 4.69) is 37.7 Å². The van der Waals surface area contributed by atoms with Crippen LogP contribution in [-0.4, -0.2) is 30.6 Å². The molecule has 37 heavy (non-hydrogen) atoms. The molecule has 2 aromatic heterocycles. The lowest BCUT2D eigenvalue weighted by molar-refractivity contribution is 0.269. The van der Waals surface area contributed by atoms with Crippen LogP contribution in [0.2, 0.25) is 5.02 Å². The Morgan fingerprint density at radius 2 is 1.92 bits per heavy atom. The molecule has 2 N–H and O–H groups in total. The minimum Gasteiger partial charge on any atom is -0.488 e. The van der Waals surface area contributed by atoms with Gasteiger partial charge in [0.05, 0.1) is 11.0 Å². The highest BCUT2D eigenvalue weighted by molar-refractivity contribution is 6.30. The third kappa shape index (κ3) is 5.06. The van der Waals surface area contributed by atoms with Crippen molar-refractivity contribution >= 4 is 22.6 Å². The zero-order valence-electron chi connectivity index (χ0n) is 20.1. The number of nitrogens with zero attached hydrogens (tertiary/aromatic N) is 4. The topological polar surface area (TPSA) is 92.4 Å². The Bertz CT molecular complexity index is 1490. The molecule has 2 atom stereocenters. The summed E-state index contributed by atoms with van der Waals surface area (Å²) in [7, 11) is 0. The van der Waals surface area contributed by atoms with Gasteiger partial charge in [-0.15, -0.1) is 10.2 Å². The molecule has 5 aromatic rings. The first-order chi connectivity index (χ1) is 18.1. The van der Waals surface area contributed by atoms with E-state index in [0.717, 1.165) is 48.1 Å². The first kappa shape index (κ1) is 23.6. The zero-order chi connectivity index (χ0) is 25.2. The Labute approximate surface area is 218 Å². The van der Waals surface area contributed by atoms with Crippen molar-refractivity contribution in [1.29, 1.82) is 0 Å². The van der Waals surface area contributed by atoms with Gasteiger partial charge in [-0.05, 0) is 65.8 Å². The highest BCUT2D eigenvalue weighted by Crippen LogP contribution is 2.43. The molecular formula is C28H26ClFN6O. The van der Waals surface area contributed by atoms with Crippen LogP contribution in [0.5, 0.6) is 5.75 Å². The molecule has 1 saturated carbocycles. The predicted octanol–water partition coefficient (Wildman–Crippen LogP) is 6.63. The maximum Gasteiger partial charge on any atom is 0.204 e. The monoisotopic (exact) mass is 516 g/mol. The maximum absolute atomic E-state index is 14.9. The average molecular weight is 517 g/mol. The van der Waals surface area contributed by atoms with Crippen LogP contribution in [0, 0.1) is 11.7 Å². The highest BCUT2D eigenvalue weighted by atomic mass is 35.5. The lowest BCUT2D eigenvalue weighted by atomic mass is 9.73. The number of ether oxygens (including phenoxy) is 1. The van der Waals surface area contributed by atoms with E-state index in [4.69, 9.17) is 21.3 Å². The molecule has 7 nitrogen and oxygen atoms in total. The Morgan fingerprint density at radius 3 is 2.76 bits per heavy atom. The van der Waals surface area contributed by atoms with Gasteiger partial charge >= 0.3 is 0 Å². The van der Waals surface area contributed by atoms with Gasteiger partial charge in [0, 0.05) is 22.6 Å². The van der Waals surface area contributed by atoms with E-state index < -0.39 is 0 Å². The smallest absolute Gasteiger partial charge is 0.204 e. The molecule has 2 unspecified atom stereocenters. The quantitative estimate of drug-likeness (QED) is 0.253. The van der Waals surface area contributed by atoms with Gasteiger partial charge in [0.1, 0.15) is 24.0 Å². The van der Waals surface area contributed by atoms with Crippen LogP contribution in [0.3, 0.4) is 0 Å². The van der Waals surface area contributed by atoms with E-state index in [1.54, 1.807) is 12.1 Å². The molecule has 188 valence electrons. The van der Waals surface area contributed by atoms with Crippen LogP contribution in [-0.2, 0) is 13.0 Å². The second kappa shape index (κ2) is 10.3. The molecular weight excluding hydrogens is 491 g/mol. The van der Waals surface area contributed by atoms with Crippen molar-refractivity contribution in [3.05, 3.63) is 88.5 Å². The van der Waals surface area contributed by atoms with E-state index in [1.165, 1.54) is 12.5 Å². The Morgan fingerprint density at radius 1 is 1.03 bits per heavy atom. The van der Waals surface area contributed by atoms with Crippen LogP contribution in [0.1, 0.15) is 48.6 Å². The third-order valence-corrected chi connectivity index (χ3v) is 7.45. The minimum atomic E-state index is -0.383. The molecule has 0 aliphatic heterocycles. The first-order valence-corrected chi connectivity index (χ1v) is 12.9. The first-order valence-electron chi connectivity index (χ1n) is 12.5. The number of imidazole rings is 1. The van der Waals surface area contributed by atoms with Crippen LogP contribution >= 0.6 is 11.6 Å². The largest absolute Gasteiger partial charge is 0.488 e. The normalized spacial score (nSPS) is 17.8. The van der Waals surface area contributed by atoms with E-state index in [1.807, 2.05) is 30.3 Å². The fraction of sp³-hybridized carbons (Fsp3) is 0.286. The summed E-state index contributed by atoms with van der Waals surface area (Å²) in [6.45, 7) is 0.0899. The van der Waals surface area contributed by atoms with Crippen molar-refractivity contribution in [2.45, 2.75) is 44.6 Å². The summed E-state index contributed by atoms with van der Waals surface area (Å²) in [6, 6.07) is 18.8. The van der Waals surface area contributed by atoms with Crippen LogP contribution in [0.4, 0.5) is 4.39 Å². The summed E-state index contributed by atoms with van der Waals surface area (Å²) in [5.41, 5.74) is 4.17. The van der Waals surface area contributed by atoms with Crippen molar-refractivity contribution < 1.29 is 9.13 Å². The summed E-state index contributed by atoms with van der Waals surface area (Å²) >= 11 is 6.37. The molecule has 0 bridgehead atoms. The molecule has 0 spiro atoms. The number of halogens is 2. The van der Waals surface area contributed by atoms with E-state index in [9.17, 15) is 4.39 Å². The molecule has 6 rings (SSSR count). The van der Waals surface area contributed by atoms with E-state index in [0.29, 0.717) is 39.6 Å². The summed E-state index contributed by atoms with van der Waals surface area (Å²) in [5.74, 6) is 2.40. The lowest BCUT2D eigenvalue weighted by Crippen LogP contribution is -2.21. The minimum absolute atomic E-state index is 0.0899. The number of H-pyrrole nitrogens is 2. The second-order valence-corrected chi connectivity index (χ2v) is 10.0. The zero-order valence-corrected chi connectivity index (χ0v) is 20.9. The van der Waals surface area contributed by atoms with Gasteiger partial charge in [0.25, 0.3) is 0 Å². The molecule has 3 aromatic carbocycles. The average Bonchev–Trinajstić information content (AvgIpc) is 3.59. The van der Waals surface area contributed by atoms with E-state index >= 15 is 0 Å². The molecule has 2 heterocycles. The number of fused-ring (bicyclic) bond motifs is 1. The van der Waals surface area contributed by atoms with Crippen molar-refractivity contribution in [3.63, 3.8) is 0 Å². The van der Waals surface area contributed by atoms with Crippen molar-refractivity contribution in [3.8, 4) is 17.1 Å². The van der Waals surface area contributed by atoms with Gasteiger partial charge in [0.15, 0.2) is 0 Å². The number of hydrogen-bond donors (Lipinski definition) is 2. The summed E-state index contributed by atoms with van der Waals surface area (Å²) in [4.78, 5) is 8.30. The molecule has 1 fully saturated rings. The SMILES string of the molecule is Fc1cc(-c2nn[nH]n2)ccc1COc1cc(Cl)ccc1C1CCCCC1Cc1nc2ccccc2[nH]1. The third-order valence-electron chi connectivity index (χ3n) is 7.22. The summed E-state index contributed by atoms with van der Waals surface area (Å²) in [5, 5.41) is 14.3. The molecule has 0 amide bonds. The van der Waals surface area contributed by atoms with Gasteiger partial charge in [0.2, 0.25) is 5.82 Å². The molecule has 0 radical (unpaired) electrons. The van der Waals surface area contributed by atoms with Crippen molar-refractivity contribution in [1.82, 2.24) is 30.6 Å². The molecule has 0 saturated heterocycles. The van der Waals surface area contributed by atoms with Gasteiger partial charge in [-0.1, -0.05) is 54.8 Å².